The number of benzene rings is 1. The van der Waals surface area contributed by atoms with Crippen LogP contribution in [0.1, 0.15) is 18.4 Å². The summed E-state index contributed by atoms with van der Waals surface area (Å²) in [5.74, 6) is 0. The minimum atomic E-state index is 0. The van der Waals surface area contributed by atoms with Crippen molar-refractivity contribution in [3.8, 4) is 0 Å². The molecule has 0 radical (unpaired) electrons. The van der Waals surface area contributed by atoms with Crippen LogP contribution in [-0.4, -0.2) is 6.04 Å². The largest absolute Gasteiger partial charge is 0.310 e. The lowest BCUT2D eigenvalue weighted by Gasteiger charge is -2.04. The molecule has 1 N–H and O–H groups in total. The van der Waals surface area contributed by atoms with Gasteiger partial charge in [-0.2, -0.15) is 0 Å². The Bertz CT molecular complexity index is 273. The van der Waals surface area contributed by atoms with Crippen LogP contribution in [0.2, 0.25) is 0 Å². The highest BCUT2D eigenvalue weighted by molar-refractivity contribution is 9.10. The van der Waals surface area contributed by atoms with Crippen molar-refractivity contribution in [2.24, 2.45) is 0 Å². The molecule has 0 amide bonds. The van der Waals surface area contributed by atoms with E-state index in [-0.39, 0.29) is 12.4 Å². The van der Waals surface area contributed by atoms with Crippen molar-refractivity contribution in [3.63, 3.8) is 0 Å². The molecule has 0 unspecified atom stereocenters. The van der Waals surface area contributed by atoms with Gasteiger partial charge in [-0.15, -0.1) is 12.4 Å². The molecule has 0 spiro atoms. The van der Waals surface area contributed by atoms with Crippen molar-refractivity contribution in [3.05, 3.63) is 34.3 Å². The number of nitrogens with one attached hydrogen (secondary N) is 1. The highest BCUT2D eigenvalue weighted by Crippen LogP contribution is 2.21. The SMILES string of the molecule is Brc1ccccc1CNC1CC1.Cl. The van der Waals surface area contributed by atoms with E-state index < -0.39 is 0 Å². The molecule has 1 aliphatic carbocycles. The van der Waals surface area contributed by atoms with Gasteiger partial charge in [0.15, 0.2) is 0 Å². The Hall–Kier alpha value is -0.0500. The smallest absolute Gasteiger partial charge is 0.0220 e. The summed E-state index contributed by atoms with van der Waals surface area (Å²) >= 11 is 3.53. The van der Waals surface area contributed by atoms with Crippen molar-refractivity contribution in [1.29, 1.82) is 0 Å². The summed E-state index contributed by atoms with van der Waals surface area (Å²) in [6.45, 7) is 0.992. The zero-order chi connectivity index (χ0) is 8.39. The molecule has 0 heterocycles. The number of rotatable bonds is 3. The van der Waals surface area contributed by atoms with E-state index in [1.54, 1.807) is 0 Å². The molecule has 0 atom stereocenters. The molecule has 1 nitrogen and oxygen atoms in total. The lowest BCUT2D eigenvalue weighted by molar-refractivity contribution is 0.686. The van der Waals surface area contributed by atoms with Crippen molar-refractivity contribution in [1.82, 2.24) is 5.32 Å². The Balaban J connectivity index is 0.000000845. The minimum Gasteiger partial charge on any atom is -0.310 e. The monoisotopic (exact) mass is 261 g/mol. The molecule has 2 rings (SSSR count). The first-order chi connectivity index (χ1) is 5.86. The highest BCUT2D eigenvalue weighted by atomic mass is 79.9. The van der Waals surface area contributed by atoms with E-state index >= 15 is 0 Å². The van der Waals surface area contributed by atoms with Crippen LogP contribution in [0.4, 0.5) is 0 Å². The molecule has 1 aromatic rings. The number of halogens is 2. The van der Waals surface area contributed by atoms with E-state index in [9.17, 15) is 0 Å². The van der Waals surface area contributed by atoms with Gasteiger partial charge in [0.05, 0.1) is 0 Å². The number of hydrogen-bond acceptors (Lipinski definition) is 1. The summed E-state index contributed by atoms with van der Waals surface area (Å²) in [7, 11) is 0. The fourth-order valence-electron chi connectivity index (χ4n) is 1.18. The highest BCUT2D eigenvalue weighted by Gasteiger charge is 2.20. The summed E-state index contributed by atoms with van der Waals surface area (Å²) in [6.07, 6.45) is 2.70. The molecule has 1 saturated carbocycles. The van der Waals surface area contributed by atoms with Crippen molar-refractivity contribution >= 4 is 28.3 Å². The molecule has 0 aromatic heterocycles. The second-order valence-electron chi connectivity index (χ2n) is 3.25. The first-order valence-corrected chi connectivity index (χ1v) is 5.12. The maximum atomic E-state index is 3.53. The number of hydrogen-bond donors (Lipinski definition) is 1. The standard InChI is InChI=1S/C10H12BrN.ClH/c11-10-4-2-1-3-8(10)7-12-9-5-6-9;/h1-4,9,12H,5-7H2;1H. The van der Waals surface area contributed by atoms with E-state index in [4.69, 9.17) is 0 Å². The third kappa shape index (κ3) is 3.29. The van der Waals surface area contributed by atoms with Crippen LogP contribution in [0.3, 0.4) is 0 Å². The van der Waals surface area contributed by atoms with E-state index in [0.29, 0.717) is 0 Å². The summed E-state index contributed by atoms with van der Waals surface area (Å²) < 4.78 is 1.21. The fraction of sp³-hybridized carbons (Fsp3) is 0.400. The van der Waals surface area contributed by atoms with Crippen molar-refractivity contribution in [2.45, 2.75) is 25.4 Å². The molecular weight excluding hydrogens is 249 g/mol. The minimum absolute atomic E-state index is 0. The van der Waals surface area contributed by atoms with Crippen molar-refractivity contribution in [2.75, 3.05) is 0 Å². The first kappa shape index (κ1) is 11.0. The molecule has 13 heavy (non-hydrogen) atoms. The average molecular weight is 263 g/mol. The first-order valence-electron chi connectivity index (χ1n) is 4.33. The Morgan fingerprint density at radius 3 is 2.62 bits per heavy atom. The molecule has 0 aliphatic heterocycles. The maximum absolute atomic E-state index is 3.53. The molecule has 0 bridgehead atoms. The third-order valence-electron chi connectivity index (χ3n) is 2.12. The molecule has 1 fully saturated rings. The predicted molar refractivity (Wildman–Crippen MR) is 61.3 cm³/mol. The molecule has 3 heteroatoms. The van der Waals surface area contributed by atoms with Gasteiger partial charge in [0.1, 0.15) is 0 Å². The summed E-state index contributed by atoms with van der Waals surface area (Å²) in [5.41, 5.74) is 1.35. The van der Waals surface area contributed by atoms with Gasteiger partial charge < -0.3 is 5.32 Å². The lowest BCUT2D eigenvalue weighted by Crippen LogP contribution is -2.15. The van der Waals surface area contributed by atoms with Gasteiger partial charge in [-0.1, -0.05) is 34.1 Å². The second-order valence-corrected chi connectivity index (χ2v) is 4.10. The van der Waals surface area contributed by atoms with Crippen molar-refractivity contribution < 1.29 is 0 Å². The summed E-state index contributed by atoms with van der Waals surface area (Å²) in [5, 5.41) is 3.48. The van der Waals surface area contributed by atoms with E-state index in [1.165, 1.54) is 22.9 Å². The lowest BCUT2D eigenvalue weighted by atomic mass is 10.2. The Morgan fingerprint density at radius 2 is 2.00 bits per heavy atom. The molecule has 0 saturated heterocycles. The van der Waals surface area contributed by atoms with Crippen LogP contribution in [0.15, 0.2) is 28.7 Å². The van der Waals surface area contributed by atoms with Crippen LogP contribution in [0.5, 0.6) is 0 Å². The molecule has 1 aromatic carbocycles. The van der Waals surface area contributed by atoms with Crippen LogP contribution < -0.4 is 5.32 Å². The maximum Gasteiger partial charge on any atom is 0.0220 e. The van der Waals surface area contributed by atoms with Gasteiger partial charge in [-0.25, -0.2) is 0 Å². The summed E-state index contributed by atoms with van der Waals surface area (Å²) in [6, 6.07) is 9.15. The van der Waals surface area contributed by atoms with E-state index in [2.05, 4.69) is 39.4 Å². The van der Waals surface area contributed by atoms with Crippen LogP contribution in [0.25, 0.3) is 0 Å². The van der Waals surface area contributed by atoms with E-state index in [1.807, 2.05) is 6.07 Å². The van der Waals surface area contributed by atoms with Gasteiger partial charge >= 0.3 is 0 Å². The molecular formula is C10H13BrClN. The zero-order valence-corrected chi connectivity index (χ0v) is 9.70. The predicted octanol–water partition coefficient (Wildman–Crippen LogP) is 3.12. The van der Waals surface area contributed by atoms with Gasteiger partial charge in [0, 0.05) is 17.1 Å². The second kappa shape index (κ2) is 4.99. The third-order valence-corrected chi connectivity index (χ3v) is 2.89. The normalized spacial score (nSPS) is 15.2. The van der Waals surface area contributed by atoms with Crippen LogP contribution in [-0.2, 0) is 6.54 Å². The Labute approximate surface area is 93.5 Å². The Kier molecular flexibility index (Phi) is 4.23. The van der Waals surface area contributed by atoms with Gasteiger partial charge in [0.25, 0.3) is 0 Å². The van der Waals surface area contributed by atoms with Crippen LogP contribution >= 0.6 is 28.3 Å². The summed E-state index contributed by atoms with van der Waals surface area (Å²) in [4.78, 5) is 0. The Morgan fingerprint density at radius 1 is 1.31 bits per heavy atom. The average Bonchev–Trinajstić information content (AvgIpc) is 2.86. The topological polar surface area (TPSA) is 12.0 Å². The zero-order valence-electron chi connectivity index (χ0n) is 7.29. The molecule has 72 valence electrons. The van der Waals surface area contributed by atoms with Gasteiger partial charge in [-0.05, 0) is 24.5 Å². The molecule has 1 aliphatic rings. The van der Waals surface area contributed by atoms with Crippen LogP contribution in [0, 0.1) is 0 Å². The fourth-order valence-corrected chi connectivity index (χ4v) is 1.61. The van der Waals surface area contributed by atoms with Gasteiger partial charge in [-0.3, -0.25) is 0 Å². The van der Waals surface area contributed by atoms with E-state index in [0.717, 1.165) is 12.6 Å². The van der Waals surface area contributed by atoms with Gasteiger partial charge in [0.2, 0.25) is 0 Å². The quantitative estimate of drug-likeness (QED) is 0.882.